The van der Waals surface area contributed by atoms with E-state index in [1.54, 1.807) is 6.80 Å². The molecule has 0 saturated carbocycles. The minimum absolute atomic E-state index is 1.07. The molecule has 0 spiro atoms. The van der Waals surface area contributed by atoms with Crippen LogP contribution in [-0.4, -0.2) is 14.2 Å². The summed E-state index contributed by atoms with van der Waals surface area (Å²) in [5.74, 6) is 0. The summed E-state index contributed by atoms with van der Waals surface area (Å²) in [5.41, 5.74) is 0. The van der Waals surface area contributed by atoms with E-state index in [9.17, 15) is 0 Å². The average molecular weight is 78.7 g/mol. The maximum absolute atomic E-state index is 5.09. The third kappa shape index (κ3) is 4.13. The summed E-state index contributed by atoms with van der Waals surface area (Å²) < 4.78 is 0. The van der Waals surface area contributed by atoms with Gasteiger partial charge in [-0.2, -0.15) is 0 Å². The molecule has 0 rings (SSSR count). The van der Waals surface area contributed by atoms with Gasteiger partial charge in [-0.3, -0.25) is 0 Å². The second-order valence-corrected chi connectivity index (χ2v) is 1.38. The first-order chi connectivity index (χ1) is 2.91. The molecule has 0 aliphatic rings. The van der Waals surface area contributed by atoms with Gasteiger partial charge in [0.1, 0.15) is 0 Å². The Kier molecular flexibility index (Phi) is 5.24. The zero-order valence-electron chi connectivity index (χ0n) is 4.28. The Balaban J connectivity index is 2.49. The number of rotatable bonds is 3. The molecule has 0 amide bonds. The summed E-state index contributed by atoms with van der Waals surface area (Å²) in [6, 6.07) is 0. The van der Waals surface area contributed by atoms with Crippen LogP contribution in [0.1, 0.15) is 19.8 Å². The summed E-state index contributed by atoms with van der Waals surface area (Å²) in [4.78, 5) is 0. The van der Waals surface area contributed by atoms with Crippen LogP contribution in [0.3, 0.4) is 0 Å². The average Bonchev–Trinajstić information content (AvgIpc) is 1.61. The normalized spacial score (nSPS) is 7.33. The van der Waals surface area contributed by atoms with Gasteiger partial charge in [-0.05, 0) is 0 Å². The topological polar surface area (TPSA) is 0 Å². The zero-order chi connectivity index (χ0) is 4.83. The molecule has 1 radical (unpaired) electrons. The van der Waals surface area contributed by atoms with Crippen molar-refractivity contribution in [1.82, 2.24) is 0 Å². The quantitative estimate of drug-likeness (QED) is 0.349. The molecule has 0 bridgehead atoms. The predicted octanol–water partition coefficient (Wildman–Crippen LogP) is 0.992. The van der Waals surface area contributed by atoms with Crippen molar-refractivity contribution < 1.29 is 0 Å². The summed E-state index contributed by atoms with van der Waals surface area (Å²) in [6.45, 7) is 3.87. The van der Waals surface area contributed by atoms with Gasteiger partial charge in [0.2, 0.25) is 0 Å². The molecule has 0 heterocycles. The van der Waals surface area contributed by atoms with Gasteiger partial charge in [-0.15, -0.1) is 0 Å². The predicted molar refractivity (Wildman–Crippen MR) is 31.2 cm³/mol. The van der Waals surface area contributed by atoms with E-state index in [2.05, 4.69) is 6.92 Å². The molecule has 6 heavy (non-hydrogen) atoms. The minimum atomic E-state index is 1.07. The molecule has 0 saturated heterocycles. The molecule has 0 aliphatic carbocycles. The van der Waals surface area contributed by atoms with E-state index < -0.39 is 0 Å². The van der Waals surface area contributed by atoms with Crippen molar-refractivity contribution in [3.05, 3.63) is 0 Å². The first kappa shape index (κ1) is 6.13. The molecular formula is C4H9B2. The fourth-order valence-corrected chi connectivity index (χ4v) is 0.322. The van der Waals surface area contributed by atoms with Crippen molar-refractivity contribution in [2.45, 2.75) is 26.1 Å². The molecule has 0 aromatic carbocycles. The Morgan fingerprint density at radius 1 is 1.67 bits per heavy atom. The van der Waals surface area contributed by atoms with Crippen LogP contribution in [0.15, 0.2) is 0 Å². The second kappa shape index (κ2) is 5.13. The van der Waals surface area contributed by atoms with E-state index in [4.69, 9.17) is 7.37 Å². The maximum atomic E-state index is 5.09. The van der Waals surface area contributed by atoms with Crippen LogP contribution in [0.25, 0.3) is 0 Å². The van der Waals surface area contributed by atoms with Crippen LogP contribution >= 0.6 is 0 Å². The molecule has 0 fully saturated rings. The number of hydrogen-bond acceptors (Lipinski definition) is 0. The van der Waals surface area contributed by atoms with Crippen molar-refractivity contribution in [3.8, 4) is 0 Å². The molecule has 2 heteroatoms. The van der Waals surface area contributed by atoms with Crippen LogP contribution < -0.4 is 0 Å². The molecule has 0 unspecified atom stereocenters. The van der Waals surface area contributed by atoms with Crippen molar-refractivity contribution in [2.75, 3.05) is 0 Å². The van der Waals surface area contributed by atoms with Crippen LogP contribution in [-0.2, 0) is 0 Å². The van der Waals surface area contributed by atoms with Gasteiger partial charge >= 0.3 is 40.3 Å². The van der Waals surface area contributed by atoms with Gasteiger partial charge in [0.25, 0.3) is 0 Å². The summed E-state index contributed by atoms with van der Waals surface area (Å²) in [5, 5.41) is 0. The van der Waals surface area contributed by atoms with Crippen molar-refractivity contribution >= 4 is 14.2 Å². The first-order valence-corrected chi connectivity index (χ1v) is 2.45. The fourth-order valence-electron chi connectivity index (χ4n) is 0.322. The van der Waals surface area contributed by atoms with Gasteiger partial charge in [0.05, 0.1) is 0 Å². The molecule has 0 nitrogen and oxygen atoms in total. The van der Waals surface area contributed by atoms with Crippen molar-refractivity contribution in [1.29, 1.82) is 0 Å². The van der Waals surface area contributed by atoms with E-state index in [-0.39, 0.29) is 0 Å². The Bertz CT molecular complexity index is 34.5. The molecule has 0 aliphatic heterocycles. The molecule has 31 valence electrons. The van der Waals surface area contributed by atoms with Gasteiger partial charge in [0.15, 0.2) is 0 Å². The summed E-state index contributed by atoms with van der Waals surface area (Å²) in [7, 11) is 5.09. The van der Waals surface area contributed by atoms with E-state index in [0.717, 1.165) is 6.32 Å². The van der Waals surface area contributed by atoms with Crippen LogP contribution in [0.2, 0.25) is 6.32 Å². The van der Waals surface area contributed by atoms with Crippen LogP contribution in [0.4, 0.5) is 0 Å². The Labute approximate surface area is 41.2 Å². The molecule has 0 atom stereocenters. The molecular weight excluding hydrogens is 69.7 g/mol. The molecule has 0 aromatic rings. The van der Waals surface area contributed by atoms with Gasteiger partial charge in [-0.1, -0.05) is 0 Å². The second-order valence-electron chi connectivity index (χ2n) is 1.38. The van der Waals surface area contributed by atoms with Gasteiger partial charge in [-0.25, -0.2) is 0 Å². The number of hydrogen-bond donors (Lipinski definition) is 0. The zero-order valence-corrected chi connectivity index (χ0v) is 4.28. The third-order valence-corrected chi connectivity index (χ3v) is 0.724. The third-order valence-electron chi connectivity index (χ3n) is 0.724. The van der Waals surface area contributed by atoms with E-state index in [0.29, 0.717) is 0 Å². The Hall–Kier alpha value is 0.130. The van der Waals surface area contributed by atoms with Crippen LogP contribution in [0, 0.1) is 0 Å². The SMILES string of the molecule is [B]=BCCCC. The van der Waals surface area contributed by atoms with E-state index in [1.165, 1.54) is 12.8 Å². The Morgan fingerprint density at radius 2 is 2.33 bits per heavy atom. The van der Waals surface area contributed by atoms with Gasteiger partial charge in [0, 0.05) is 0 Å². The first-order valence-electron chi connectivity index (χ1n) is 2.45. The summed E-state index contributed by atoms with van der Waals surface area (Å²) in [6.07, 6.45) is 3.54. The van der Waals surface area contributed by atoms with Crippen LogP contribution in [0.5, 0.6) is 0 Å². The van der Waals surface area contributed by atoms with E-state index in [1.807, 2.05) is 0 Å². The molecule has 0 aromatic heterocycles. The van der Waals surface area contributed by atoms with E-state index >= 15 is 0 Å². The van der Waals surface area contributed by atoms with Crippen molar-refractivity contribution in [2.24, 2.45) is 0 Å². The molecule has 0 N–H and O–H groups in total. The van der Waals surface area contributed by atoms with Gasteiger partial charge < -0.3 is 0 Å². The number of unbranched alkanes of at least 4 members (excludes halogenated alkanes) is 1. The van der Waals surface area contributed by atoms with Crippen molar-refractivity contribution in [3.63, 3.8) is 0 Å². The summed E-state index contributed by atoms with van der Waals surface area (Å²) >= 11 is 0. The fraction of sp³-hybridized carbons (Fsp3) is 1.00. The monoisotopic (exact) mass is 79.1 g/mol. The Morgan fingerprint density at radius 3 is 2.50 bits per heavy atom. The standard InChI is InChI=1S/C4H9B2/c1-2-3-4-6-5/h2-4H2,1H3.